The lowest BCUT2D eigenvalue weighted by Gasteiger charge is -2.40. The van der Waals surface area contributed by atoms with E-state index < -0.39 is 49.5 Å². The number of hydrogen-bond acceptors (Lipinski definition) is 8. The third-order valence-electron chi connectivity index (χ3n) is 14.4. The third-order valence-corrected chi connectivity index (χ3v) is 14.4. The van der Waals surface area contributed by atoms with Crippen molar-refractivity contribution in [3.63, 3.8) is 0 Å². The van der Waals surface area contributed by atoms with Crippen LogP contribution in [0.25, 0.3) is 0 Å². The minimum Gasteiger partial charge on any atom is -0.394 e. The van der Waals surface area contributed by atoms with Gasteiger partial charge in [0.15, 0.2) is 6.29 Å². The van der Waals surface area contributed by atoms with E-state index in [-0.39, 0.29) is 12.5 Å². The smallest absolute Gasteiger partial charge is 0.220 e. The number of hydrogen-bond donors (Lipinski definition) is 6. The van der Waals surface area contributed by atoms with Crippen LogP contribution in [0.1, 0.15) is 290 Å². The van der Waals surface area contributed by atoms with E-state index in [1.165, 1.54) is 231 Å². The fourth-order valence-corrected chi connectivity index (χ4v) is 9.64. The zero-order valence-electron chi connectivity index (χ0n) is 45.8. The first-order chi connectivity index (χ1) is 34.3. The van der Waals surface area contributed by atoms with Gasteiger partial charge in [0.25, 0.3) is 0 Å². The molecule has 412 valence electrons. The van der Waals surface area contributed by atoms with Crippen molar-refractivity contribution in [3.8, 4) is 0 Å². The number of rotatable bonds is 52. The van der Waals surface area contributed by atoms with Crippen molar-refractivity contribution in [2.45, 2.75) is 333 Å². The third kappa shape index (κ3) is 39.9. The minimum absolute atomic E-state index is 0.183. The Bertz CT molecular complexity index is 1190. The lowest BCUT2D eigenvalue weighted by atomic mass is 9.99. The molecule has 1 heterocycles. The molecule has 0 radical (unpaired) electrons. The van der Waals surface area contributed by atoms with Gasteiger partial charge >= 0.3 is 0 Å². The molecule has 0 aromatic heterocycles. The maximum Gasteiger partial charge on any atom is 0.220 e. The zero-order chi connectivity index (χ0) is 50.8. The lowest BCUT2D eigenvalue weighted by Crippen LogP contribution is -2.60. The Balaban J connectivity index is 2.17. The van der Waals surface area contributed by atoms with E-state index in [2.05, 4.69) is 43.5 Å². The number of carbonyl (C=O) groups is 1. The van der Waals surface area contributed by atoms with Gasteiger partial charge in [0, 0.05) is 6.42 Å². The fourth-order valence-electron chi connectivity index (χ4n) is 9.64. The van der Waals surface area contributed by atoms with Gasteiger partial charge < -0.3 is 40.3 Å². The van der Waals surface area contributed by atoms with E-state index in [9.17, 15) is 30.3 Å². The summed E-state index contributed by atoms with van der Waals surface area (Å²) in [7, 11) is 0. The van der Waals surface area contributed by atoms with Gasteiger partial charge in [-0.3, -0.25) is 4.79 Å². The molecule has 0 saturated carbocycles. The second-order valence-corrected chi connectivity index (χ2v) is 21.1. The average molecular weight is 991 g/mol. The molecule has 70 heavy (non-hydrogen) atoms. The molecular weight excluding hydrogens is 875 g/mol. The van der Waals surface area contributed by atoms with E-state index >= 15 is 0 Å². The van der Waals surface area contributed by atoms with Gasteiger partial charge in [-0.25, -0.2) is 0 Å². The van der Waals surface area contributed by atoms with Gasteiger partial charge in [-0.05, 0) is 57.8 Å². The van der Waals surface area contributed by atoms with E-state index in [0.717, 1.165) is 38.5 Å². The molecule has 9 nitrogen and oxygen atoms in total. The predicted octanol–water partition coefficient (Wildman–Crippen LogP) is 15.1. The van der Waals surface area contributed by atoms with Gasteiger partial charge in [-0.2, -0.15) is 0 Å². The number of ether oxygens (including phenoxy) is 2. The maximum atomic E-state index is 13.1. The highest BCUT2D eigenvalue weighted by Gasteiger charge is 2.44. The molecule has 0 spiro atoms. The summed E-state index contributed by atoms with van der Waals surface area (Å²) in [5.74, 6) is -0.183. The van der Waals surface area contributed by atoms with Crippen LogP contribution in [0.4, 0.5) is 0 Å². The van der Waals surface area contributed by atoms with Crippen molar-refractivity contribution >= 4 is 5.91 Å². The van der Waals surface area contributed by atoms with Crippen molar-refractivity contribution in [3.05, 3.63) is 36.5 Å². The number of allylic oxidation sites excluding steroid dienone is 5. The van der Waals surface area contributed by atoms with Gasteiger partial charge in [0.1, 0.15) is 24.4 Å². The Labute approximate surface area is 431 Å². The summed E-state index contributed by atoms with van der Waals surface area (Å²) in [6.45, 7) is 3.79. The van der Waals surface area contributed by atoms with Crippen LogP contribution in [0, 0.1) is 0 Å². The topological polar surface area (TPSA) is 149 Å². The molecule has 1 saturated heterocycles. The van der Waals surface area contributed by atoms with Crippen LogP contribution in [0.5, 0.6) is 0 Å². The van der Waals surface area contributed by atoms with Gasteiger partial charge in [-0.1, -0.05) is 262 Å². The number of aliphatic hydroxyl groups excluding tert-OH is 5. The Hall–Kier alpha value is -1.59. The standard InChI is InChI=1S/C61H115NO8/c1-3-5-7-9-11-13-15-17-19-21-22-23-24-25-26-27-28-29-30-31-32-33-35-37-39-41-43-45-47-49-51-57(65)62-54(53-69-61-60(68)59(67)58(66)56(52-63)70-61)55(64)50-48-46-44-42-40-38-36-34-20-18-16-14-12-10-8-6-4-2/h25-26,40,42,48,50,54-56,58-61,63-64,66-68H,3-24,27-39,41,43-47,49,51-53H2,1-2H3,(H,62,65)/b26-25-,42-40+,50-48+. The minimum atomic E-state index is -1.57. The Morgan fingerprint density at radius 1 is 0.471 bits per heavy atom. The quantitative estimate of drug-likeness (QED) is 0.0261. The van der Waals surface area contributed by atoms with Crippen molar-refractivity contribution in [1.82, 2.24) is 5.32 Å². The molecule has 6 N–H and O–H groups in total. The van der Waals surface area contributed by atoms with Crippen LogP contribution in [-0.4, -0.2) is 87.5 Å². The van der Waals surface area contributed by atoms with E-state index in [1.807, 2.05) is 6.08 Å². The van der Waals surface area contributed by atoms with Crippen molar-refractivity contribution in [2.75, 3.05) is 13.2 Å². The molecule has 1 rings (SSSR count). The molecule has 1 amide bonds. The highest BCUT2D eigenvalue weighted by atomic mass is 16.7. The van der Waals surface area contributed by atoms with Gasteiger partial charge in [0.2, 0.25) is 5.91 Å². The molecular formula is C61H115NO8. The summed E-state index contributed by atoms with van der Waals surface area (Å²) >= 11 is 0. The van der Waals surface area contributed by atoms with Crippen LogP contribution in [0.2, 0.25) is 0 Å². The number of carbonyl (C=O) groups excluding carboxylic acids is 1. The first-order valence-corrected chi connectivity index (χ1v) is 30.2. The molecule has 0 aliphatic carbocycles. The Morgan fingerprint density at radius 3 is 1.20 bits per heavy atom. The summed E-state index contributed by atoms with van der Waals surface area (Å²) in [5, 5.41) is 54.5. The summed E-state index contributed by atoms with van der Waals surface area (Å²) in [6.07, 6.45) is 59.4. The highest BCUT2D eigenvalue weighted by Crippen LogP contribution is 2.23. The summed E-state index contributed by atoms with van der Waals surface area (Å²) in [5.41, 5.74) is 0. The fraction of sp³-hybridized carbons (Fsp3) is 0.885. The maximum absolute atomic E-state index is 13.1. The van der Waals surface area contributed by atoms with Crippen LogP contribution < -0.4 is 5.32 Å². The number of aliphatic hydroxyl groups is 5. The zero-order valence-corrected chi connectivity index (χ0v) is 45.8. The number of amides is 1. The number of nitrogens with one attached hydrogen (secondary N) is 1. The van der Waals surface area contributed by atoms with E-state index in [0.29, 0.717) is 6.42 Å². The second-order valence-electron chi connectivity index (χ2n) is 21.1. The second kappa shape index (κ2) is 50.9. The molecule has 1 aliphatic heterocycles. The molecule has 0 bridgehead atoms. The molecule has 7 unspecified atom stereocenters. The van der Waals surface area contributed by atoms with Crippen LogP contribution in [0.3, 0.4) is 0 Å². The first-order valence-electron chi connectivity index (χ1n) is 30.2. The molecule has 9 heteroatoms. The van der Waals surface area contributed by atoms with Gasteiger partial charge in [-0.15, -0.1) is 0 Å². The Morgan fingerprint density at radius 2 is 0.814 bits per heavy atom. The van der Waals surface area contributed by atoms with Crippen LogP contribution in [0.15, 0.2) is 36.5 Å². The molecule has 7 atom stereocenters. The van der Waals surface area contributed by atoms with Crippen molar-refractivity contribution < 1.29 is 39.8 Å². The normalized spacial score (nSPS) is 19.6. The predicted molar refractivity (Wildman–Crippen MR) is 295 cm³/mol. The SMILES string of the molecule is CCCCCCCCCCCCC/C=C/CC/C=C/C(O)C(COC1OC(CO)C(O)C(O)C1O)NC(=O)CCCCCCCCCCCCCCCC/C=C\CCCCCCCCCCCCCC. The summed E-state index contributed by atoms with van der Waals surface area (Å²) in [6, 6.07) is -0.821. The molecule has 1 aliphatic rings. The molecule has 1 fully saturated rings. The average Bonchev–Trinajstić information content (AvgIpc) is 3.36. The summed E-state index contributed by atoms with van der Waals surface area (Å²) in [4.78, 5) is 13.1. The largest absolute Gasteiger partial charge is 0.394 e. The van der Waals surface area contributed by atoms with E-state index in [1.54, 1.807) is 6.08 Å². The van der Waals surface area contributed by atoms with Crippen LogP contribution in [-0.2, 0) is 14.3 Å². The summed E-state index contributed by atoms with van der Waals surface area (Å²) < 4.78 is 11.3. The molecule has 0 aromatic rings. The number of unbranched alkanes of at least 4 members (excludes halogenated alkanes) is 38. The van der Waals surface area contributed by atoms with Crippen LogP contribution >= 0.6 is 0 Å². The van der Waals surface area contributed by atoms with Crippen molar-refractivity contribution in [1.29, 1.82) is 0 Å². The van der Waals surface area contributed by atoms with E-state index in [4.69, 9.17) is 9.47 Å². The van der Waals surface area contributed by atoms with Crippen molar-refractivity contribution in [2.24, 2.45) is 0 Å². The highest BCUT2D eigenvalue weighted by molar-refractivity contribution is 5.76. The molecule has 0 aromatic carbocycles. The Kier molecular flexibility index (Phi) is 48.3. The van der Waals surface area contributed by atoms with Gasteiger partial charge in [0.05, 0.1) is 25.4 Å². The monoisotopic (exact) mass is 990 g/mol. The first kappa shape index (κ1) is 66.4. The lowest BCUT2D eigenvalue weighted by molar-refractivity contribution is -0.302.